The van der Waals surface area contributed by atoms with Gasteiger partial charge < -0.3 is 0 Å². The number of carbonyl (C=O) groups is 1. The molecule has 3 aromatic rings. The Kier molecular flexibility index (Phi) is 9.02. The van der Waals surface area contributed by atoms with Gasteiger partial charge in [0, 0.05) is 5.56 Å². The van der Waals surface area contributed by atoms with E-state index >= 15 is 0 Å². The predicted molar refractivity (Wildman–Crippen MR) is 112 cm³/mol. The Morgan fingerprint density at radius 1 is 0.879 bits per heavy atom. The summed E-state index contributed by atoms with van der Waals surface area (Å²) in [5.41, 5.74) is -1.19. The van der Waals surface area contributed by atoms with Crippen LogP contribution in [0.2, 0.25) is 0 Å². The Labute approximate surface area is 189 Å². The molecule has 0 heterocycles. The predicted octanol–water partition coefficient (Wildman–Crippen LogP) is 7.67. The van der Waals surface area contributed by atoms with E-state index in [1.54, 1.807) is 0 Å². The van der Waals surface area contributed by atoms with Crippen LogP contribution < -0.4 is 0 Å². The van der Waals surface area contributed by atoms with E-state index in [1.807, 2.05) is 12.1 Å². The minimum absolute atomic E-state index is 0.122. The molecule has 10 heteroatoms. The standard InChI is InChI=1S/C14H5F4NOS.C9H9F3/c15-10-3-7(14(18)20)1-2-9(10)8-4-11(16)13(19-6-21)12(17)5-8;1-2-3-6-4-5-7(10)9(12)8(6)11/h1-5H;4-5H,2-3H2,1H3. The second-order valence-electron chi connectivity index (χ2n) is 6.54. The number of carbonyl (C=O) groups excluding carboxylic acids is 1. The average Bonchev–Trinajstić information content (AvgIpc) is 2.77. The van der Waals surface area contributed by atoms with Gasteiger partial charge in [-0.25, -0.2) is 26.3 Å². The normalized spacial score (nSPS) is 10.2. The van der Waals surface area contributed by atoms with Gasteiger partial charge >= 0.3 is 6.04 Å². The Bertz CT molecular complexity index is 1220. The summed E-state index contributed by atoms with van der Waals surface area (Å²) in [6.45, 7) is 1.85. The van der Waals surface area contributed by atoms with Crippen LogP contribution >= 0.6 is 12.2 Å². The van der Waals surface area contributed by atoms with Gasteiger partial charge in [0.25, 0.3) is 0 Å². The molecular weight excluding hydrogens is 471 g/mol. The van der Waals surface area contributed by atoms with Crippen molar-refractivity contribution in [3.8, 4) is 11.1 Å². The molecule has 0 amide bonds. The number of benzene rings is 3. The van der Waals surface area contributed by atoms with Crippen molar-refractivity contribution in [1.29, 1.82) is 0 Å². The molecule has 0 aromatic heterocycles. The number of rotatable bonds is 5. The van der Waals surface area contributed by atoms with E-state index in [0.29, 0.717) is 18.9 Å². The number of thiocarbonyl (C=S) groups is 1. The third-order valence-corrected chi connectivity index (χ3v) is 4.41. The lowest BCUT2D eigenvalue weighted by Gasteiger charge is -2.06. The van der Waals surface area contributed by atoms with Crippen molar-refractivity contribution in [2.45, 2.75) is 19.8 Å². The maximum atomic E-state index is 13.8. The zero-order valence-corrected chi connectivity index (χ0v) is 17.7. The Morgan fingerprint density at radius 3 is 2.03 bits per heavy atom. The lowest BCUT2D eigenvalue weighted by atomic mass is 10.0. The zero-order chi connectivity index (χ0) is 24.7. The molecule has 0 radical (unpaired) electrons. The first-order valence-corrected chi connectivity index (χ1v) is 9.70. The number of nitrogens with zero attached hydrogens (tertiary/aromatic N) is 1. The van der Waals surface area contributed by atoms with Crippen molar-refractivity contribution in [2.75, 3.05) is 0 Å². The molecule has 0 aliphatic carbocycles. The van der Waals surface area contributed by atoms with E-state index in [4.69, 9.17) is 0 Å². The van der Waals surface area contributed by atoms with Crippen molar-refractivity contribution < 1.29 is 35.5 Å². The van der Waals surface area contributed by atoms with Gasteiger partial charge in [0.1, 0.15) is 11.5 Å². The van der Waals surface area contributed by atoms with Gasteiger partial charge in [0.15, 0.2) is 29.1 Å². The summed E-state index contributed by atoms with van der Waals surface area (Å²) in [6.07, 6.45) is 1.14. The molecule has 0 saturated heterocycles. The molecule has 0 saturated carbocycles. The molecule has 0 fully saturated rings. The molecule has 3 aromatic carbocycles. The van der Waals surface area contributed by atoms with Gasteiger partial charge in [-0.1, -0.05) is 25.5 Å². The van der Waals surface area contributed by atoms with Gasteiger partial charge in [0.05, 0.1) is 10.7 Å². The third kappa shape index (κ3) is 6.34. The fraction of sp³-hybridized carbons (Fsp3) is 0.130. The molecule has 0 spiro atoms. The molecule has 0 unspecified atom stereocenters. The van der Waals surface area contributed by atoms with Gasteiger partial charge in [0.2, 0.25) is 0 Å². The van der Waals surface area contributed by atoms with Gasteiger partial charge in [-0.3, -0.25) is 4.79 Å². The fourth-order valence-corrected chi connectivity index (χ4v) is 2.86. The quantitative estimate of drug-likeness (QED) is 0.122. The minimum Gasteiger partial charge on any atom is -0.255 e. The summed E-state index contributed by atoms with van der Waals surface area (Å²) in [6, 6.07) is 4.84. The van der Waals surface area contributed by atoms with Crippen molar-refractivity contribution >= 4 is 29.1 Å². The summed E-state index contributed by atoms with van der Waals surface area (Å²) in [7, 11) is 0. The van der Waals surface area contributed by atoms with Gasteiger partial charge in [-0.15, -0.1) is 0 Å². The van der Waals surface area contributed by atoms with E-state index in [-0.39, 0.29) is 16.7 Å². The van der Waals surface area contributed by atoms with Crippen molar-refractivity contribution in [3.63, 3.8) is 0 Å². The van der Waals surface area contributed by atoms with Crippen molar-refractivity contribution in [3.05, 3.63) is 88.5 Å². The van der Waals surface area contributed by atoms with Crippen LogP contribution in [0.3, 0.4) is 0 Å². The highest BCUT2D eigenvalue weighted by molar-refractivity contribution is 7.78. The lowest BCUT2D eigenvalue weighted by Crippen LogP contribution is -1.96. The summed E-state index contributed by atoms with van der Waals surface area (Å²) in [4.78, 5) is 13.7. The van der Waals surface area contributed by atoms with Crippen LogP contribution in [-0.4, -0.2) is 11.2 Å². The highest BCUT2D eigenvalue weighted by atomic mass is 32.1. The Hall–Kier alpha value is -3.36. The van der Waals surface area contributed by atoms with Crippen LogP contribution in [0.15, 0.2) is 47.5 Å². The maximum Gasteiger partial charge on any atom is 0.332 e. The summed E-state index contributed by atoms with van der Waals surface area (Å²) in [5.74, 6) is -6.65. The number of hydrogen-bond donors (Lipinski definition) is 0. The second-order valence-corrected chi connectivity index (χ2v) is 6.73. The Morgan fingerprint density at radius 2 is 1.52 bits per heavy atom. The molecule has 0 aliphatic heterocycles. The first kappa shape index (κ1) is 25.9. The first-order chi connectivity index (χ1) is 15.6. The fourth-order valence-electron chi connectivity index (χ4n) is 2.77. The molecule has 0 atom stereocenters. The van der Waals surface area contributed by atoms with Crippen molar-refractivity contribution in [1.82, 2.24) is 0 Å². The largest absolute Gasteiger partial charge is 0.332 e. The summed E-state index contributed by atoms with van der Waals surface area (Å²) >= 11 is 4.26. The number of aliphatic imine (C=N–C) groups is 1. The molecule has 2 nitrogen and oxygen atoms in total. The smallest absolute Gasteiger partial charge is 0.255 e. The Balaban J connectivity index is 0.000000273. The molecule has 0 N–H and O–H groups in total. The van der Waals surface area contributed by atoms with E-state index < -0.39 is 52.2 Å². The highest BCUT2D eigenvalue weighted by Gasteiger charge is 2.15. The summed E-state index contributed by atoms with van der Waals surface area (Å²) < 4.78 is 91.4. The van der Waals surface area contributed by atoms with Crippen molar-refractivity contribution in [2.24, 2.45) is 4.99 Å². The van der Waals surface area contributed by atoms with Crippen LogP contribution in [0.4, 0.5) is 36.4 Å². The van der Waals surface area contributed by atoms with E-state index in [9.17, 15) is 35.5 Å². The zero-order valence-electron chi connectivity index (χ0n) is 16.9. The van der Waals surface area contributed by atoms with E-state index in [1.165, 1.54) is 6.07 Å². The topological polar surface area (TPSA) is 29.4 Å². The van der Waals surface area contributed by atoms with Crippen LogP contribution in [-0.2, 0) is 6.42 Å². The number of isothiocyanates is 1. The van der Waals surface area contributed by atoms with Crippen LogP contribution in [0.5, 0.6) is 0 Å². The van der Waals surface area contributed by atoms with Crippen LogP contribution in [0, 0.1) is 34.9 Å². The number of aryl methyl sites for hydroxylation is 1. The molecule has 3 rings (SSSR count). The molecule has 0 aliphatic rings. The average molecular weight is 485 g/mol. The monoisotopic (exact) mass is 485 g/mol. The molecule has 172 valence electrons. The molecule has 0 bridgehead atoms. The second kappa shape index (κ2) is 11.5. The molecule has 33 heavy (non-hydrogen) atoms. The van der Waals surface area contributed by atoms with E-state index in [2.05, 4.69) is 17.2 Å². The lowest BCUT2D eigenvalue weighted by molar-refractivity contribution is 0.0835. The highest BCUT2D eigenvalue weighted by Crippen LogP contribution is 2.31. The van der Waals surface area contributed by atoms with E-state index in [0.717, 1.165) is 30.3 Å². The first-order valence-electron chi connectivity index (χ1n) is 9.29. The third-order valence-electron chi connectivity index (χ3n) is 4.32. The van der Waals surface area contributed by atoms with Crippen LogP contribution in [0.25, 0.3) is 11.1 Å². The van der Waals surface area contributed by atoms with Gasteiger partial charge in [-0.05, 0) is 60.1 Å². The van der Waals surface area contributed by atoms with Gasteiger partial charge in [-0.2, -0.15) is 9.38 Å². The minimum atomic E-state index is -1.80. The SMILES string of the molecule is CCCc1ccc(F)c(F)c1F.O=C(F)c1ccc(-c2cc(F)c(N=C=S)c(F)c2)c(F)c1. The summed E-state index contributed by atoms with van der Waals surface area (Å²) in [5, 5.41) is 1.83. The van der Waals surface area contributed by atoms with Crippen LogP contribution in [0.1, 0.15) is 29.3 Å². The maximum absolute atomic E-state index is 13.8. The number of halogens is 7. The molecular formula is C23H14F7NOS. The number of hydrogen-bond acceptors (Lipinski definition) is 3.